The number of carbonyl (C=O) groups excluding carboxylic acids is 1. The van der Waals surface area contributed by atoms with Crippen molar-refractivity contribution in [3.63, 3.8) is 0 Å². The molecule has 0 spiro atoms. The second-order valence-corrected chi connectivity index (χ2v) is 8.72. The van der Waals surface area contributed by atoms with Gasteiger partial charge in [0.2, 0.25) is 5.88 Å². The molecule has 1 saturated carbocycles. The largest absolute Gasteiger partial charge is 0.474 e. The van der Waals surface area contributed by atoms with Gasteiger partial charge in [0, 0.05) is 30.4 Å². The standard InChI is InChI=1S/C23H27N5O4/c1-14(2)32-22-18(21(29)24-19-6-3-9-27(23(19)30)16-7-8-16)11-15-12-28(26-20(15)25-22)17-5-4-10-31-13-17/h3,6,9,11-12,14,16-17H,4-5,7-8,10,13H2,1-2H3,(H,24,29). The van der Waals surface area contributed by atoms with E-state index < -0.39 is 5.91 Å². The highest BCUT2D eigenvalue weighted by Gasteiger charge is 2.26. The molecule has 1 aliphatic heterocycles. The van der Waals surface area contributed by atoms with Crippen LogP contribution in [0.3, 0.4) is 0 Å². The number of hydrogen-bond donors (Lipinski definition) is 1. The summed E-state index contributed by atoms with van der Waals surface area (Å²) in [6, 6.07) is 5.50. The number of fused-ring (bicyclic) bond motifs is 1. The van der Waals surface area contributed by atoms with Gasteiger partial charge in [-0.15, -0.1) is 0 Å². The molecule has 1 aliphatic carbocycles. The van der Waals surface area contributed by atoms with Crippen LogP contribution < -0.4 is 15.6 Å². The van der Waals surface area contributed by atoms with Crippen LogP contribution in [-0.4, -0.2) is 44.6 Å². The van der Waals surface area contributed by atoms with Gasteiger partial charge in [0.15, 0.2) is 5.65 Å². The molecule has 0 aromatic carbocycles. The summed E-state index contributed by atoms with van der Waals surface area (Å²) in [7, 11) is 0. The second-order valence-electron chi connectivity index (χ2n) is 8.72. The number of ether oxygens (including phenoxy) is 2. The lowest BCUT2D eigenvalue weighted by molar-refractivity contribution is 0.0551. The number of carbonyl (C=O) groups is 1. The Bertz CT molecular complexity index is 1200. The van der Waals surface area contributed by atoms with Crippen LogP contribution >= 0.6 is 0 Å². The minimum absolute atomic E-state index is 0.148. The summed E-state index contributed by atoms with van der Waals surface area (Å²) in [6.07, 6.45) is 7.42. The Morgan fingerprint density at radius 1 is 1.28 bits per heavy atom. The Morgan fingerprint density at radius 2 is 2.12 bits per heavy atom. The first-order valence-corrected chi connectivity index (χ1v) is 11.2. The molecule has 2 fully saturated rings. The van der Waals surface area contributed by atoms with Gasteiger partial charge >= 0.3 is 0 Å². The highest BCUT2D eigenvalue weighted by atomic mass is 16.5. The van der Waals surface area contributed by atoms with Crippen LogP contribution in [0, 0.1) is 0 Å². The molecule has 0 radical (unpaired) electrons. The van der Waals surface area contributed by atoms with E-state index in [9.17, 15) is 9.59 Å². The van der Waals surface area contributed by atoms with Crippen LogP contribution in [0.5, 0.6) is 5.88 Å². The summed E-state index contributed by atoms with van der Waals surface area (Å²) in [5.74, 6) is -0.233. The van der Waals surface area contributed by atoms with Gasteiger partial charge in [-0.05, 0) is 57.7 Å². The van der Waals surface area contributed by atoms with Crippen LogP contribution in [0.15, 0.2) is 35.4 Å². The van der Waals surface area contributed by atoms with Crippen LogP contribution in [-0.2, 0) is 4.74 Å². The van der Waals surface area contributed by atoms with Gasteiger partial charge in [-0.3, -0.25) is 14.3 Å². The molecule has 32 heavy (non-hydrogen) atoms. The molecule has 3 aromatic heterocycles. The van der Waals surface area contributed by atoms with Gasteiger partial charge in [-0.1, -0.05) is 0 Å². The molecule has 1 amide bonds. The van der Waals surface area contributed by atoms with E-state index in [1.165, 1.54) is 0 Å². The summed E-state index contributed by atoms with van der Waals surface area (Å²) in [5.41, 5.74) is 0.828. The average Bonchev–Trinajstić information content (AvgIpc) is 3.53. The zero-order valence-electron chi connectivity index (χ0n) is 18.3. The molecule has 4 heterocycles. The van der Waals surface area contributed by atoms with Crippen LogP contribution in [0.1, 0.15) is 62.0 Å². The Kier molecular flexibility index (Phi) is 5.42. The number of hydrogen-bond acceptors (Lipinski definition) is 6. The zero-order valence-corrected chi connectivity index (χ0v) is 18.3. The fourth-order valence-corrected chi connectivity index (χ4v) is 3.99. The Morgan fingerprint density at radius 3 is 2.84 bits per heavy atom. The molecule has 3 aromatic rings. The van der Waals surface area contributed by atoms with Crippen molar-refractivity contribution in [2.24, 2.45) is 0 Å². The quantitative estimate of drug-likeness (QED) is 0.635. The van der Waals surface area contributed by atoms with E-state index >= 15 is 0 Å². The van der Waals surface area contributed by atoms with Gasteiger partial charge in [0.05, 0.1) is 18.8 Å². The van der Waals surface area contributed by atoms with Gasteiger partial charge in [0.25, 0.3) is 11.5 Å². The van der Waals surface area contributed by atoms with Crippen molar-refractivity contribution in [1.29, 1.82) is 0 Å². The maximum absolute atomic E-state index is 13.2. The molecule has 5 rings (SSSR count). The topological polar surface area (TPSA) is 100 Å². The minimum Gasteiger partial charge on any atom is -0.474 e. The fraction of sp³-hybridized carbons (Fsp3) is 0.478. The van der Waals surface area contributed by atoms with E-state index in [0.29, 0.717) is 12.3 Å². The van der Waals surface area contributed by atoms with Crippen LogP contribution in [0.4, 0.5) is 5.69 Å². The summed E-state index contributed by atoms with van der Waals surface area (Å²) in [4.78, 5) is 30.5. The number of amides is 1. The first kappa shape index (κ1) is 20.7. The molecule has 0 bridgehead atoms. The van der Waals surface area contributed by atoms with Crippen molar-refractivity contribution in [2.75, 3.05) is 18.5 Å². The van der Waals surface area contributed by atoms with Gasteiger partial charge in [-0.25, -0.2) is 0 Å². The summed E-state index contributed by atoms with van der Waals surface area (Å²) < 4.78 is 15.0. The normalized spacial score (nSPS) is 18.8. The molecule has 1 unspecified atom stereocenters. The molecular weight excluding hydrogens is 410 g/mol. The predicted molar refractivity (Wildman–Crippen MR) is 119 cm³/mol. The lowest BCUT2D eigenvalue weighted by atomic mass is 10.1. The molecule has 9 heteroatoms. The molecule has 9 nitrogen and oxygen atoms in total. The molecule has 2 aliphatic rings. The Labute approximate surface area is 185 Å². The number of nitrogens with zero attached hydrogens (tertiary/aromatic N) is 4. The Hall–Kier alpha value is -3.20. The van der Waals surface area contributed by atoms with Crippen molar-refractivity contribution in [3.05, 3.63) is 46.5 Å². The number of aromatic nitrogens is 4. The number of anilines is 1. The maximum Gasteiger partial charge on any atom is 0.274 e. The molecule has 168 valence electrons. The van der Waals surface area contributed by atoms with Crippen molar-refractivity contribution >= 4 is 22.6 Å². The molecule has 1 N–H and O–H groups in total. The van der Waals surface area contributed by atoms with Gasteiger partial charge in [-0.2, -0.15) is 10.1 Å². The maximum atomic E-state index is 13.2. The third-order valence-electron chi connectivity index (χ3n) is 5.74. The lowest BCUT2D eigenvalue weighted by Crippen LogP contribution is -2.25. The zero-order chi connectivity index (χ0) is 22.2. The molecule has 1 saturated heterocycles. The average molecular weight is 438 g/mol. The van der Waals surface area contributed by atoms with E-state index in [-0.39, 0.29) is 40.9 Å². The minimum atomic E-state index is -0.436. The third-order valence-corrected chi connectivity index (χ3v) is 5.74. The van der Waals surface area contributed by atoms with Crippen molar-refractivity contribution < 1.29 is 14.3 Å². The van der Waals surface area contributed by atoms with Crippen molar-refractivity contribution in [1.82, 2.24) is 19.3 Å². The summed E-state index contributed by atoms with van der Waals surface area (Å²) in [6.45, 7) is 5.13. The number of nitrogens with one attached hydrogen (secondary N) is 1. The predicted octanol–water partition coefficient (Wildman–Crippen LogP) is 3.32. The van der Waals surface area contributed by atoms with Crippen molar-refractivity contribution in [2.45, 2.75) is 57.7 Å². The third kappa shape index (κ3) is 4.12. The first-order valence-electron chi connectivity index (χ1n) is 11.2. The smallest absolute Gasteiger partial charge is 0.274 e. The van der Waals surface area contributed by atoms with E-state index in [0.717, 1.165) is 37.7 Å². The van der Waals surface area contributed by atoms with E-state index in [1.807, 2.05) is 24.7 Å². The highest BCUT2D eigenvalue weighted by molar-refractivity contribution is 6.07. The van der Waals surface area contributed by atoms with Gasteiger partial charge < -0.3 is 19.4 Å². The number of pyridine rings is 2. The van der Waals surface area contributed by atoms with Crippen LogP contribution in [0.25, 0.3) is 11.0 Å². The lowest BCUT2D eigenvalue weighted by Gasteiger charge is -2.21. The fourth-order valence-electron chi connectivity index (χ4n) is 3.99. The monoisotopic (exact) mass is 437 g/mol. The summed E-state index contributed by atoms with van der Waals surface area (Å²) in [5, 5.41) is 8.10. The molecular formula is C23H27N5O4. The highest BCUT2D eigenvalue weighted by Crippen LogP contribution is 2.33. The SMILES string of the molecule is CC(C)Oc1nc2nn(C3CCCOC3)cc2cc1C(=O)Nc1cccn(C2CC2)c1=O. The second kappa shape index (κ2) is 8.38. The molecule has 1 atom stereocenters. The first-order chi connectivity index (χ1) is 15.5. The van der Waals surface area contributed by atoms with E-state index in [1.54, 1.807) is 29.0 Å². The number of rotatable bonds is 6. The van der Waals surface area contributed by atoms with E-state index in [2.05, 4.69) is 15.4 Å². The van der Waals surface area contributed by atoms with Crippen molar-refractivity contribution in [3.8, 4) is 5.88 Å². The van der Waals surface area contributed by atoms with Crippen LogP contribution in [0.2, 0.25) is 0 Å². The summed E-state index contributed by atoms with van der Waals surface area (Å²) >= 11 is 0. The van der Waals surface area contributed by atoms with Gasteiger partial charge in [0.1, 0.15) is 11.3 Å². The van der Waals surface area contributed by atoms with E-state index in [4.69, 9.17) is 9.47 Å². The Balaban J connectivity index is 1.49.